The van der Waals surface area contributed by atoms with E-state index in [2.05, 4.69) is 10.2 Å². The zero-order valence-corrected chi connectivity index (χ0v) is 6.84. The molecule has 0 amide bonds. The van der Waals surface area contributed by atoms with Gasteiger partial charge in [-0.1, -0.05) is 0 Å². The van der Waals surface area contributed by atoms with Crippen molar-refractivity contribution in [2.75, 3.05) is 5.73 Å². The number of nitrogens with two attached hydrogens (primary N) is 1. The molecule has 0 fully saturated rings. The van der Waals surface area contributed by atoms with E-state index in [0.717, 1.165) is 0 Å². The molecule has 6 heteroatoms. The highest BCUT2D eigenvalue weighted by Gasteiger charge is 1.96. The van der Waals surface area contributed by atoms with Crippen LogP contribution in [0, 0.1) is 0 Å². The van der Waals surface area contributed by atoms with Crippen molar-refractivity contribution in [3.05, 3.63) is 28.8 Å². The standard InChI is InChI=1S/C6H6N4O.ClH/c7-4-1-2-5-8-9-6(11)10(5)3-4;/h1-3H,7H2,(H,9,11);1H. The van der Waals surface area contributed by atoms with Gasteiger partial charge in [0.1, 0.15) is 0 Å². The zero-order chi connectivity index (χ0) is 7.84. The molecule has 0 radical (unpaired) electrons. The van der Waals surface area contributed by atoms with Crippen LogP contribution in [0.25, 0.3) is 5.65 Å². The maximum Gasteiger partial charge on any atom is 0.347 e. The van der Waals surface area contributed by atoms with Crippen LogP contribution in [0.3, 0.4) is 0 Å². The minimum Gasteiger partial charge on any atom is -0.398 e. The van der Waals surface area contributed by atoms with Crippen molar-refractivity contribution in [1.29, 1.82) is 0 Å². The van der Waals surface area contributed by atoms with E-state index in [0.29, 0.717) is 11.3 Å². The number of pyridine rings is 1. The Hall–Kier alpha value is -1.49. The molecule has 3 N–H and O–H groups in total. The van der Waals surface area contributed by atoms with Crippen molar-refractivity contribution in [2.24, 2.45) is 0 Å². The predicted octanol–water partition coefficient (Wildman–Crippen LogP) is 0.0266. The van der Waals surface area contributed by atoms with Gasteiger partial charge in [-0.3, -0.25) is 0 Å². The number of nitrogens with one attached hydrogen (secondary N) is 1. The number of nitrogen functional groups attached to an aromatic ring is 1. The van der Waals surface area contributed by atoms with E-state index < -0.39 is 0 Å². The van der Waals surface area contributed by atoms with Gasteiger partial charge in [-0.2, -0.15) is 5.10 Å². The number of fused-ring (bicyclic) bond motifs is 1. The Morgan fingerprint density at radius 1 is 1.50 bits per heavy atom. The number of aromatic amines is 1. The van der Waals surface area contributed by atoms with E-state index in [1.807, 2.05) is 0 Å². The minimum absolute atomic E-state index is 0. The number of hydrogen-bond acceptors (Lipinski definition) is 3. The first-order valence-corrected chi connectivity index (χ1v) is 3.09. The fourth-order valence-electron chi connectivity index (χ4n) is 0.922. The SMILES string of the molecule is Cl.Nc1ccc2n[nH]c(=O)n2c1. The molecule has 2 rings (SSSR count). The lowest BCUT2D eigenvalue weighted by molar-refractivity contribution is 1.02. The highest BCUT2D eigenvalue weighted by Crippen LogP contribution is 2.00. The van der Waals surface area contributed by atoms with Crippen molar-refractivity contribution in [2.45, 2.75) is 0 Å². The molecule has 0 bridgehead atoms. The molecule has 0 aromatic carbocycles. The van der Waals surface area contributed by atoms with E-state index in [9.17, 15) is 4.79 Å². The lowest BCUT2D eigenvalue weighted by atomic mass is 10.4. The molecule has 0 aliphatic heterocycles. The van der Waals surface area contributed by atoms with Gasteiger partial charge in [0.25, 0.3) is 0 Å². The molecule has 0 saturated carbocycles. The van der Waals surface area contributed by atoms with Crippen LogP contribution in [-0.2, 0) is 0 Å². The van der Waals surface area contributed by atoms with Gasteiger partial charge in [-0.25, -0.2) is 14.3 Å². The molecule has 5 nitrogen and oxygen atoms in total. The van der Waals surface area contributed by atoms with Gasteiger partial charge in [-0.15, -0.1) is 12.4 Å². The fourth-order valence-corrected chi connectivity index (χ4v) is 0.922. The summed E-state index contributed by atoms with van der Waals surface area (Å²) in [7, 11) is 0. The lowest BCUT2D eigenvalue weighted by Crippen LogP contribution is -2.09. The molecular weight excluding hydrogens is 180 g/mol. The Bertz CT molecular complexity index is 446. The third kappa shape index (κ3) is 1.14. The van der Waals surface area contributed by atoms with Crippen LogP contribution in [-0.4, -0.2) is 14.6 Å². The summed E-state index contributed by atoms with van der Waals surface area (Å²) in [6, 6.07) is 3.36. The number of rotatable bonds is 0. The Kier molecular flexibility index (Phi) is 2.05. The van der Waals surface area contributed by atoms with E-state index in [4.69, 9.17) is 5.73 Å². The minimum atomic E-state index is -0.271. The average molecular weight is 187 g/mol. The molecule has 0 unspecified atom stereocenters. The quantitative estimate of drug-likeness (QED) is 0.609. The van der Waals surface area contributed by atoms with Crippen LogP contribution in [0.1, 0.15) is 0 Å². The number of anilines is 1. The van der Waals surface area contributed by atoms with Crippen LogP contribution < -0.4 is 11.4 Å². The summed E-state index contributed by atoms with van der Waals surface area (Å²) >= 11 is 0. The van der Waals surface area contributed by atoms with Gasteiger partial charge >= 0.3 is 5.69 Å². The summed E-state index contributed by atoms with van der Waals surface area (Å²) in [5, 5.41) is 6.03. The van der Waals surface area contributed by atoms with E-state index in [-0.39, 0.29) is 18.1 Å². The summed E-state index contributed by atoms with van der Waals surface area (Å²) in [6.45, 7) is 0. The smallest absolute Gasteiger partial charge is 0.347 e. The van der Waals surface area contributed by atoms with E-state index >= 15 is 0 Å². The van der Waals surface area contributed by atoms with Crippen molar-refractivity contribution in [3.8, 4) is 0 Å². The average Bonchev–Trinajstić information content (AvgIpc) is 2.33. The van der Waals surface area contributed by atoms with Crippen LogP contribution in [0.15, 0.2) is 23.1 Å². The third-order valence-electron chi connectivity index (χ3n) is 1.43. The number of halogens is 1. The molecule has 0 saturated heterocycles. The molecule has 0 atom stereocenters. The predicted molar refractivity (Wildman–Crippen MR) is 47.5 cm³/mol. The molecule has 12 heavy (non-hydrogen) atoms. The number of aromatic nitrogens is 3. The van der Waals surface area contributed by atoms with Gasteiger partial charge in [0, 0.05) is 11.9 Å². The summed E-state index contributed by atoms with van der Waals surface area (Å²) in [6.07, 6.45) is 1.53. The normalized spacial score (nSPS) is 9.67. The Morgan fingerprint density at radius 3 is 3.00 bits per heavy atom. The molecule has 0 aliphatic rings. The summed E-state index contributed by atoms with van der Waals surface area (Å²) < 4.78 is 1.36. The van der Waals surface area contributed by atoms with E-state index in [1.165, 1.54) is 10.6 Å². The summed E-state index contributed by atoms with van der Waals surface area (Å²) in [5.41, 5.74) is 6.30. The van der Waals surface area contributed by atoms with Crippen molar-refractivity contribution in [3.63, 3.8) is 0 Å². The Balaban J connectivity index is 0.000000720. The first-order valence-electron chi connectivity index (χ1n) is 3.09. The van der Waals surface area contributed by atoms with Gasteiger partial charge in [0.15, 0.2) is 5.65 Å². The molecule has 0 spiro atoms. The summed E-state index contributed by atoms with van der Waals surface area (Å²) in [4.78, 5) is 10.9. The van der Waals surface area contributed by atoms with Crippen LogP contribution in [0.5, 0.6) is 0 Å². The molecular formula is C6H7ClN4O. The first kappa shape index (κ1) is 8.61. The Labute approximate surface area is 73.6 Å². The second-order valence-electron chi connectivity index (χ2n) is 2.22. The number of hydrogen-bond donors (Lipinski definition) is 2. The van der Waals surface area contributed by atoms with Gasteiger partial charge in [-0.05, 0) is 12.1 Å². The fraction of sp³-hybridized carbons (Fsp3) is 0. The first-order chi connectivity index (χ1) is 5.27. The molecule has 2 aromatic heterocycles. The van der Waals surface area contributed by atoms with Crippen molar-refractivity contribution in [1.82, 2.24) is 14.6 Å². The second-order valence-corrected chi connectivity index (χ2v) is 2.22. The topological polar surface area (TPSA) is 76.2 Å². The van der Waals surface area contributed by atoms with Crippen LogP contribution in [0.2, 0.25) is 0 Å². The Morgan fingerprint density at radius 2 is 2.25 bits per heavy atom. The molecule has 0 aliphatic carbocycles. The largest absolute Gasteiger partial charge is 0.398 e. The zero-order valence-electron chi connectivity index (χ0n) is 6.02. The summed E-state index contributed by atoms with van der Waals surface area (Å²) in [5.74, 6) is 0. The number of nitrogens with zero attached hydrogens (tertiary/aromatic N) is 2. The van der Waals surface area contributed by atoms with Crippen LogP contribution in [0.4, 0.5) is 5.69 Å². The van der Waals surface area contributed by atoms with Crippen LogP contribution >= 0.6 is 12.4 Å². The highest BCUT2D eigenvalue weighted by atomic mass is 35.5. The van der Waals surface area contributed by atoms with Gasteiger partial charge in [0.2, 0.25) is 0 Å². The van der Waals surface area contributed by atoms with Gasteiger partial charge < -0.3 is 5.73 Å². The highest BCUT2D eigenvalue weighted by molar-refractivity contribution is 5.85. The molecule has 2 aromatic rings. The van der Waals surface area contributed by atoms with E-state index in [1.54, 1.807) is 12.1 Å². The molecule has 2 heterocycles. The monoisotopic (exact) mass is 186 g/mol. The second kappa shape index (κ2) is 2.86. The maximum absolute atomic E-state index is 10.9. The third-order valence-corrected chi connectivity index (χ3v) is 1.43. The lowest BCUT2D eigenvalue weighted by Gasteiger charge is -1.91. The van der Waals surface area contributed by atoms with Gasteiger partial charge in [0.05, 0.1) is 0 Å². The number of H-pyrrole nitrogens is 1. The van der Waals surface area contributed by atoms with Crippen molar-refractivity contribution >= 4 is 23.7 Å². The molecule has 64 valence electrons. The van der Waals surface area contributed by atoms with Crippen molar-refractivity contribution < 1.29 is 0 Å². The maximum atomic E-state index is 10.9.